The first-order valence-corrected chi connectivity index (χ1v) is 8.72. The third-order valence-corrected chi connectivity index (χ3v) is 6.55. The molecule has 116 valence electrons. The monoisotopic (exact) mass is 441 g/mol. The van der Waals surface area contributed by atoms with Gasteiger partial charge in [0.2, 0.25) is 0 Å². The van der Waals surface area contributed by atoms with Crippen molar-refractivity contribution in [3.63, 3.8) is 0 Å². The van der Waals surface area contributed by atoms with Gasteiger partial charge in [0, 0.05) is 7.05 Å². The van der Waals surface area contributed by atoms with Gasteiger partial charge in [0.15, 0.2) is 10.0 Å². The summed E-state index contributed by atoms with van der Waals surface area (Å²) < 4.78 is 51.1. The fraction of sp³-hybridized carbons (Fsp3) is 0.333. The summed E-state index contributed by atoms with van der Waals surface area (Å²) in [5.74, 6) is 0. The first-order valence-electron chi connectivity index (χ1n) is 5.08. The van der Waals surface area contributed by atoms with E-state index in [1.807, 2.05) is 0 Å². The Morgan fingerprint density at radius 3 is 2.62 bits per heavy atom. The van der Waals surface area contributed by atoms with Gasteiger partial charge in [0.1, 0.15) is 20.7 Å². The Balaban J connectivity index is 2.48. The number of nitrogens with zero attached hydrogens (tertiary/aromatic N) is 3. The molecule has 0 aliphatic rings. The molecule has 0 fully saturated rings. The number of hydrogen-bond acceptors (Lipinski definition) is 4. The van der Waals surface area contributed by atoms with E-state index < -0.39 is 32.9 Å². The topological polar surface area (TPSA) is 47.8 Å². The van der Waals surface area contributed by atoms with E-state index in [0.29, 0.717) is 3.79 Å². The van der Waals surface area contributed by atoms with Crippen LogP contribution >= 0.6 is 50.5 Å². The van der Waals surface area contributed by atoms with Gasteiger partial charge in [-0.25, -0.2) is 9.19 Å². The average Bonchev–Trinajstić information content (AvgIpc) is 2.93. The van der Waals surface area contributed by atoms with Crippen LogP contribution in [0.25, 0.3) is 0 Å². The molecule has 0 spiro atoms. The molecule has 0 amide bonds. The molecule has 2 rings (SSSR count). The van der Waals surface area contributed by atoms with Crippen molar-refractivity contribution in [2.45, 2.75) is 15.2 Å². The molecular formula is C9H5BrCl2F3N3OS2. The third kappa shape index (κ3) is 3.44. The molecule has 0 saturated carbocycles. The van der Waals surface area contributed by atoms with Crippen LogP contribution in [-0.2, 0) is 24.0 Å². The Labute approximate surface area is 141 Å². The van der Waals surface area contributed by atoms with Crippen molar-refractivity contribution >= 4 is 61.3 Å². The lowest BCUT2D eigenvalue weighted by atomic mass is 10.3. The molecule has 21 heavy (non-hydrogen) atoms. The predicted octanol–water partition coefficient (Wildman–Crippen LogP) is 4.36. The highest BCUT2D eigenvalue weighted by Crippen LogP contribution is 2.42. The molecule has 2 heterocycles. The molecule has 0 aliphatic carbocycles. The average molecular weight is 443 g/mol. The van der Waals surface area contributed by atoms with E-state index in [4.69, 9.17) is 23.2 Å². The molecule has 0 aromatic carbocycles. The van der Waals surface area contributed by atoms with E-state index in [0.717, 1.165) is 16.0 Å². The maximum Gasteiger partial charge on any atom is 0.435 e. The highest BCUT2D eigenvalue weighted by molar-refractivity contribution is 9.11. The van der Waals surface area contributed by atoms with Crippen LogP contribution in [-0.4, -0.2) is 19.0 Å². The van der Waals surface area contributed by atoms with Gasteiger partial charge in [-0.2, -0.15) is 18.3 Å². The Morgan fingerprint density at radius 2 is 2.14 bits per heavy atom. The SMILES string of the molecule is Cn1nc(C(F)(F)F)c(C(Cl)S(=O)c2ncc(Br)s2)c1Cl. The van der Waals surface area contributed by atoms with Gasteiger partial charge in [0.05, 0.1) is 15.5 Å². The van der Waals surface area contributed by atoms with Gasteiger partial charge in [-0.3, -0.25) is 4.68 Å². The molecule has 0 aliphatic heterocycles. The molecule has 2 atom stereocenters. The van der Waals surface area contributed by atoms with Gasteiger partial charge >= 0.3 is 6.18 Å². The zero-order chi connectivity index (χ0) is 15.9. The van der Waals surface area contributed by atoms with E-state index in [-0.39, 0.29) is 9.49 Å². The second-order valence-corrected chi connectivity index (χ2v) is 8.89. The Bertz CT molecular complexity index is 703. The van der Waals surface area contributed by atoms with Crippen LogP contribution in [0.4, 0.5) is 13.2 Å². The van der Waals surface area contributed by atoms with E-state index in [1.165, 1.54) is 13.2 Å². The van der Waals surface area contributed by atoms with Gasteiger partial charge < -0.3 is 0 Å². The molecule has 2 aromatic heterocycles. The van der Waals surface area contributed by atoms with Crippen LogP contribution in [0, 0.1) is 0 Å². The van der Waals surface area contributed by atoms with Crippen molar-refractivity contribution in [2.24, 2.45) is 7.05 Å². The summed E-state index contributed by atoms with van der Waals surface area (Å²) in [6.45, 7) is 0. The predicted molar refractivity (Wildman–Crippen MR) is 78.0 cm³/mol. The van der Waals surface area contributed by atoms with Crippen molar-refractivity contribution in [1.29, 1.82) is 0 Å². The summed E-state index contributed by atoms with van der Waals surface area (Å²) in [6, 6.07) is 0. The molecule has 0 N–H and O–H groups in total. The standard InChI is InChI=1S/C9H5BrCl2F3N3OS2/c1-18-6(11)4(5(17-18)9(13,14)15)7(12)21(19)8-16-2-3(10)20-8/h2,7H,1H3. The summed E-state index contributed by atoms with van der Waals surface area (Å²) in [7, 11) is -0.752. The molecular weight excluding hydrogens is 438 g/mol. The Morgan fingerprint density at radius 1 is 1.52 bits per heavy atom. The minimum absolute atomic E-state index is 0.0925. The number of rotatable bonds is 3. The van der Waals surface area contributed by atoms with Crippen molar-refractivity contribution in [3.8, 4) is 0 Å². The minimum atomic E-state index is -4.75. The smallest absolute Gasteiger partial charge is 0.256 e. The Hall–Kier alpha value is -0.160. The minimum Gasteiger partial charge on any atom is -0.256 e. The van der Waals surface area contributed by atoms with Crippen molar-refractivity contribution in [2.75, 3.05) is 0 Å². The number of aromatic nitrogens is 3. The molecule has 12 heteroatoms. The lowest BCUT2D eigenvalue weighted by Gasteiger charge is -2.10. The lowest BCUT2D eigenvalue weighted by molar-refractivity contribution is -0.142. The van der Waals surface area contributed by atoms with E-state index in [2.05, 4.69) is 26.0 Å². The van der Waals surface area contributed by atoms with Crippen molar-refractivity contribution in [3.05, 3.63) is 26.4 Å². The highest BCUT2D eigenvalue weighted by Gasteiger charge is 2.42. The van der Waals surface area contributed by atoms with E-state index >= 15 is 0 Å². The molecule has 0 bridgehead atoms. The summed E-state index contributed by atoms with van der Waals surface area (Å²) in [6.07, 6.45) is -3.36. The van der Waals surface area contributed by atoms with Crippen molar-refractivity contribution in [1.82, 2.24) is 14.8 Å². The highest BCUT2D eigenvalue weighted by atomic mass is 79.9. The molecule has 0 radical (unpaired) electrons. The summed E-state index contributed by atoms with van der Waals surface area (Å²) >= 11 is 15.9. The van der Waals surface area contributed by atoms with Crippen molar-refractivity contribution < 1.29 is 17.4 Å². The summed E-state index contributed by atoms with van der Waals surface area (Å²) in [5, 5.41) is 2.98. The fourth-order valence-electron chi connectivity index (χ4n) is 1.46. The third-order valence-electron chi connectivity index (χ3n) is 2.32. The summed E-state index contributed by atoms with van der Waals surface area (Å²) in [5.41, 5.74) is -1.77. The second kappa shape index (κ2) is 6.15. The van der Waals surface area contributed by atoms with Gasteiger partial charge in [-0.05, 0) is 15.9 Å². The summed E-state index contributed by atoms with van der Waals surface area (Å²) in [4.78, 5) is 3.83. The van der Waals surface area contributed by atoms with Crippen LogP contribution in [0.2, 0.25) is 5.15 Å². The number of alkyl halides is 4. The zero-order valence-electron chi connectivity index (χ0n) is 9.99. The van der Waals surface area contributed by atoms with Crippen LogP contribution in [0.5, 0.6) is 0 Å². The number of hydrogen-bond donors (Lipinski definition) is 0. The number of aryl methyl sites for hydroxylation is 1. The Kier molecular flexibility index (Phi) is 5.04. The molecule has 2 unspecified atom stereocenters. The lowest BCUT2D eigenvalue weighted by Crippen LogP contribution is -2.12. The maximum atomic E-state index is 13.0. The molecule has 4 nitrogen and oxygen atoms in total. The van der Waals surface area contributed by atoms with E-state index in [9.17, 15) is 17.4 Å². The number of halogens is 6. The quantitative estimate of drug-likeness (QED) is 0.663. The van der Waals surface area contributed by atoms with Crippen LogP contribution in [0.1, 0.15) is 16.0 Å². The fourth-order valence-corrected chi connectivity index (χ4v) is 5.35. The largest absolute Gasteiger partial charge is 0.435 e. The maximum absolute atomic E-state index is 13.0. The van der Waals surface area contributed by atoms with Crippen LogP contribution in [0.15, 0.2) is 14.3 Å². The first-order chi connectivity index (χ1) is 9.62. The second-order valence-electron chi connectivity index (χ2n) is 3.72. The zero-order valence-corrected chi connectivity index (χ0v) is 14.7. The van der Waals surface area contributed by atoms with Gasteiger partial charge in [0.25, 0.3) is 0 Å². The van der Waals surface area contributed by atoms with Crippen LogP contribution in [0.3, 0.4) is 0 Å². The van der Waals surface area contributed by atoms with E-state index in [1.54, 1.807) is 0 Å². The molecule has 2 aromatic rings. The van der Waals surface area contributed by atoms with Gasteiger partial charge in [-0.1, -0.05) is 22.9 Å². The van der Waals surface area contributed by atoms with Crippen LogP contribution < -0.4 is 0 Å². The molecule has 0 saturated heterocycles. The first kappa shape index (κ1) is 17.2. The normalized spacial score (nSPS) is 15.2. The number of thiazole rings is 1. The van der Waals surface area contributed by atoms with Gasteiger partial charge in [-0.15, -0.1) is 11.6 Å².